The Morgan fingerprint density at radius 1 is 1.00 bits per heavy atom. The molecule has 5 heteroatoms. The van der Waals surface area contributed by atoms with Gasteiger partial charge in [0, 0.05) is 5.02 Å². The van der Waals surface area contributed by atoms with Crippen LogP contribution in [0.2, 0.25) is 10.0 Å². The summed E-state index contributed by atoms with van der Waals surface area (Å²) in [6, 6.07) is 4.89. The fraction of sp³-hybridized carbons (Fsp3) is 0.467. The molecule has 0 aromatic heterocycles. The number of halogens is 2. The Morgan fingerprint density at radius 3 is 2.15 bits per heavy atom. The molecule has 104 valence electrons. The fourth-order valence-corrected chi connectivity index (χ4v) is 4.80. The Kier molecular flexibility index (Phi) is 2.67. The molecule has 20 heavy (non-hydrogen) atoms. The summed E-state index contributed by atoms with van der Waals surface area (Å²) >= 11 is 12.0. The van der Waals surface area contributed by atoms with E-state index < -0.39 is 0 Å². The molecule has 3 nitrogen and oxygen atoms in total. The molecule has 3 fully saturated rings. The first-order chi connectivity index (χ1) is 9.58. The number of hydrogen-bond acceptors (Lipinski definition) is 2. The first-order valence-corrected chi connectivity index (χ1v) is 7.66. The van der Waals surface area contributed by atoms with Gasteiger partial charge in [0.15, 0.2) is 0 Å². The third kappa shape index (κ3) is 1.54. The molecule has 1 aliphatic heterocycles. The van der Waals surface area contributed by atoms with E-state index in [4.69, 9.17) is 23.2 Å². The third-order valence-corrected chi connectivity index (χ3v) is 5.62. The van der Waals surface area contributed by atoms with Crippen LogP contribution in [0, 0.1) is 23.7 Å². The van der Waals surface area contributed by atoms with E-state index in [-0.39, 0.29) is 23.7 Å². The van der Waals surface area contributed by atoms with Crippen molar-refractivity contribution in [3.05, 3.63) is 28.2 Å². The van der Waals surface area contributed by atoms with E-state index in [0.717, 1.165) is 19.3 Å². The van der Waals surface area contributed by atoms with Crippen LogP contribution in [0.1, 0.15) is 19.3 Å². The molecule has 1 saturated heterocycles. The van der Waals surface area contributed by atoms with Gasteiger partial charge in [0.2, 0.25) is 11.8 Å². The Labute approximate surface area is 126 Å². The molecule has 2 aliphatic carbocycles. The fourth-order valence-electron chi connectivity index (χ4n) is 4.31. The minimum Gasteiger partial charge on any atom is -0.274 e. The summed E-state index contributed by atoms with van der Waals surface area (Å²) in [4.78, 5) is 26.6. The normalized spacial score (nSPS) is 35.0. The molecular formula is C15H13Cl2NO2. The SMILES string of the molecule is O=C1[C@@H]2[C@H]3CC[C@@H](C3)[C@@H]2C(=O)N1c1ccc(Cl)cc1Cl. The van der Waals surface area contributed by atoms with Crippen molar-refractivity contribution in [2.75, 3.05) is 4.90 Å². The van der Waals surface area contributed by atoms with Crippen molar-refractivity contribution in [3.63, 3.8) is 0 Å². The number of nitrogens with zero attached hydrogens (tertiary/aromatic N) is 1. The van der Waals surface area contributed by atoms with E-state index in [1.807, 2.05) is 0 Å². The Morgan fingerprint density at radius 2 is 1.60 bits per heavy atom. The van der Waals surface area contributed by atoms with Crippen LogP contribution in [0.25, 0.3) is 0 Å². The number of carbonyl (C=O) groups is 2. The summed E-state index contributed by atoms with van der Waals surface area (Å²) in [6.07, 6.45) is 3.19. The third-order valence-electron chi connectivity index (χ3n) is 5.08. The maximum Gasteiger partial charge on any atom is 0.238 e. The predicted molar refractivity (Wildman–Crippen MR) is 76.8 cm³/mol. The number of fused-ring (bicyclic) bond motifs is 5. The molecule has 1 aromatic rings. The van der Waals surface area contributed by atoms with Crippen LogP contribution in [0.5, 0.6) is 0 Å². The molecule has 2 amide bonds. The highest BCUT2D eigenvalue weighted by atomic mass is 35.5. The zero-order valence-electron chi connectivity index (χ0n) is 10.7. The standard InChI is InChI=1S/C15H13Cl2NO2/c16-9-3-4-11(10(17)6-9)18-14(19)12-7-1-2-8(5-7)13(12)15(18)20/h3-4,6-8,12-13H,1-2,5H2/t7-,8-,12-,13+/m0/s1. The zero-order chi connectivity index (χ0) is 14.0. The number of carbonyl (C=O) groups excluding carboxylic acids is 2. The monoisotopic (exact) mass is 309 g/mol. The second kappa shape index (κ2) is 4.22. The largest absolute Gasteiger partial charge is 0.274 e. The molecular weight excluding hydrogens is 297 g/mol. The number of imide groups is 1. The van der Waals surface area contributed by atoms with Crippen LogP contribution in [0.3, 0.4) is 0 Å². The summed E-state index contributed by atoms with van der Waals surface area (Å²) in [5.74, 6) is 0.392. The maximum absolute atomic E-state index is 12.6. The average molecular weight is 310 g/mol. The summed E-state index contributed by atoms with van der Waals surface area (Å²) in [5, 5.41) is 0.852. The zero-order valence-corrected chi connectivity index (χ0v) is 12.2. The lowest BCUT2D eigenvalue weighted by Gasteiger charge is -2.19. The van der Waals surface area contributed by atoms with Crippen LogP contribution < -0.4 is 4.90 Å². The molecule has 0 N–H and O–H groups in total. The number of hydrogen-bond donors (Lipinski definition) is 0. The Balaban J connectivity index is 1.77. The van der Waals surface area contributed by atoms with Gasteiger partial charge < -0.3 is 0 Å². The molecule has 1 aromatic carbocycles. The first kappa shape index (κ1) is 12.7. The van der Waals surface area contributed by atoms with Crippen molar-refractivity contribution in [1.29, 1.82) is 0 Å². The summed E-state index contributed by atoms with van der Waals surface area (Å²) in [7, 11) is 0. The van der Waals surface area contributed by atoms with Gasteiger partial charge in [0.05, 0.1) is 22.5 Å². The lowest BCUT2D eigenvalue weighted by molar-refractivity contribution is -0.123. The first-order valence-electron chi connectivity index (χ1n) is 6.91. The van der Waals surface area contributed by atoms with Gasteiger partial charge >= 0.3 is 0 Å². The number of amides is 2. The Hall–Kier alpha value is -1.06. The molecule has 0 unspecified atom stereocenters. The van der Waals surface area contributed by atoms with E-state index in [9.17, 15) is 9.59 Å². The number of benzene rings is 1. The van der Waals surface area contributed by atoms with Crippen molar-refractivity contribution in [2.24, 2.45) is 23.7 Å². The van der Waals surface area contributed by atoms with Crippen molar-refractivity contribution >= 4 is 40.7 Å². The molecule has 1 heterocycles. The Bertz CT molecular complexity index is 602. The van der Waals surface area contributed by atoms with Crippen LogP contribution in [0.4, 0.5) is 5.69 Å². The van der Waals surface area contributed by atoms with Gasteiger partial charge in [-0.05, 0) is 49.3 Å². The molecule has 2 saturated carbocycles. The van der Waals surface area contributed by atoms with E-state index in [1.54, 1.807) is 18.2 Å². The van der Waals surface area contributed by atoms with E-state index in [0.29, 0.717) is 27.6 Å². The predicted octanol–water partition coefficient (Wildman–Crippen LogP) is 3.53. The van der Waals surface area contributed by atoms with Crippen molar-refractivity contribution in [2.45, 2.75) is 19.3 Å². The second-order valence-corrected chi connectivity index (χ2v) is 6.84. The van der Waals surface area contributed by atoms with Gasteiger partial charge in [0.1, 0.15) is 0 Å². The van der Waals surface area contributed by atoms with Crippen LogP contribution in [0.15, 0.2) is 18.2 Å². The summed E-state index contributed by atoms with van der Waals surface area (Å²) < 4.78 is 0. The summed E-state index contributed by atoms with van der Waals surface area (Å²) in [6.45, 7) is 0. The number of rotatable bonds is 1. The number of anilines is 1. The lowest BCUT2D eigenvalue weighted by atomic mass is 9.81. The van der Waals surface area contributed by atoms with E-state index in [1.165, 1.54) is 4.90 Å². The van der Waals surface area contributed by atoms with Crippen molar-refractivity contribution in [1.82, 2.24) is 0 Å². The lowest BCUT2D eigenvalue weighted by Crippen LogP contribution is -2.32. The van der Waals surface area contributed by atoms with Gasteiger partial charge in [-0.2, -0.15) is 0 Å². The van der Waals surface area contributed by atoms with Gasteiger partial charge in [-0.1, -0.05) is 23.2 Å². The minimum absolute atomic E-state index is 0.0728. The maximum atomic E-state index is 12.6. The molecule has 0 spiro atoms. The average Bonchev–Trinajstić information content (AvgIpc) is 3.06. The smallest absolute Gasteiger partial charge is 0.238 e. The van der Waals surface area contributed by atoms with Crippen molar-refractivity contribution < 1.29 is 9.59 Å². The topological polar surface area (TPSA) is 37.4 Å². The van der Waals surface area contributed by atoms with Gasteiger partial charge in [-0.3, -0.25) is 9.59 Å². The van der Waals surface area contributed by atoms with Gasteiger partial charge in [-0.25, -0.2) is 4.90 Å². The molecule has 0 radical (unpaired) electrons. The molecule has 4 rings (SSSR count). The van der Waals surface area contributed by atoms with E-state index >= 15 is 0 Å². The quantitative estimate of drug-likeness (QED) is 0.744. The highest BCUT2D eigenvalue weighted by Crippen LogP contribution is 2.57. The van der Waals surface area contributed by atoms with Crippen LogP contribution in [-0.4, -0.2) is 11.8 Å². The van der Waals surface area contributed by atoms with E-state index in [2.05, 4.69) is 0 Å². The molecule has 3 aliphatic rings. The second-order valence-electron chi connectivity index (χ2n) is 5.99. The minimum atomic E-state index is -0.118. The van der Waals surface area contributed by atoms with Gasteiger partial charge in [0.25, 0.3) is 0 Å². The van der Waals surface area contributed by atoms with Crippen molar-refractivity contribution in [3.8, 4) is 0 Å². The molecule has 2 bridgehead atoms. The van der Waals surface area contributed by atoms with Crippen LogP contribution >= 0.6 is 23.2 Å². The van der Waals surface area contributed by atoms with Crippen LogP contribution in [-0.2, 0) is 9.59 Å². The molecule has 4 atom stereocenters. The summed E-state index contributed by atoms with van der Waals surface area (Å²) in [5.41, 5.74) is 0.472. The highest BCUT2D eigenvalue weighted by molar-refractivity contribution is 6.38. The van der Waals surface area contributed by atoms with Gasteiger partial charge in [-0.15, -0.1) is 0 Å². The highest BCUT2D eigenvalue weighted by Gasteiger charge is 2.61.